The number of hydrogen-bond acceptors (Lipinski definition) is 3. The van der Waals surface area contributed by atoms with Crippen molar-refractivity contribution in [3.8, 4) is 0 Å². The molecule has 0 fully saturated rings. The zero-order chi connectivity index (χ0) is 10.6. The molecule has 0 amide bonds. The minimum absolute atomic E-state index is 0. The van der Waals surface area contributed by atoms with Crippen LogP contribution in [0.2, 0.25) is 0 Å². The van der Waals surface area contributed by atoms with Crippen LogP contribution in [0.25, 0.3) is 0 Å². The fourth-order valence-electron chi connectivity index (χ4n) is 1.10. The van der Waals surface area contributed by atoms with Crippen LogP contribution in [-0.2, 0) is 4.74 Å². The van der Waals surface area contributed by atoms with E-state index in [-0.39, 0.29) is 18.2 Å². The van der Waals surface area contributed by atoms with Gasteiger partial charge < -0.3 is 10.5 Å². The fourth-order valence-corrected chi connectivity index (χ4v) is 1.10. The van der Waals surface area contributed by atoms with Crippen LogP contribution in [0, 0.1) is 5.41 Å². The van der Waals surface area contributed by atoms with Crippen LogP contribution >= 0.6 is 12.4 Å². The van der Waals surface area contributed by atoms with Crippen molar-refractivity contribution in [1.82, 2.24) is 0 Å². The second-order valence-corrected chi connectivity index (χ2v) is 2.68. The number of rotatable bonds is 3. The minimum atomic E-state index is -0.446. The molecule has 1 aromatic rings. The van der Waals surface area contributed by atoms with Crippen LogP contribution in [0.1, 0.15) is 22.8 Å². The Hall–Kier alpha value is -1.55. The second kappa shape index (κ2) is 6.03. The maximum absolute atomic E-state index is 11.4. The lowest BCUT2D eigenvalue weighted by Gasteiger charge is -2.06. The van der Waals surface area contributed by atoms with E-state index in [4.69, 9.17) is 15.9 Å². The Morgan fingerprint density at radius 2 is 1.93 bits per heavy atom. The highest BCUT2D eigenvalue weighted by Gasteiger charge is 2.12. The molecule has 0 bridgehead atoms. The molecule has 1 aromatic carbocycles. The van der Waals surface area contributed by atoms with Crippen molar-refractivity contribution in [1.29, 1.82) is 5.41 Å². The number of carbonyl (C=O) groups is 1. The zero-order valence-corrected chi connectivity index (χ0v) is 9.14. The summed E-state index contributed by atoms with van der Waals surface area (Å²) in [5, 5.41) is 7.27. The molecule has 0 aliphatic carbocycles. The topological polar surface area (TPSA) is 76.2 Å². The second-order valence-electron chi connectivity index (χ2n) is 2.68. The van der Waals surface area contributed by atoms with Crippen molar-refractivity contribution >= 4 is 24.2 Å². The van der Waals surface area contributed by atoms with Gasteiger partial charge in [0.1, 0.15) is 5.84 Å². The highest BCUT2D eigenvalue weighted by Crippen LogP contribution is 2.09. The largest absolute Gasteiger partial charge is 0.462 e. The average Bonchev–Trinajstić information content (AvgIpc) is 2.18. The van der Waals surface area contributed by atoms with Crippen LogP contribution in [0.5, 0.6) is 0 Å². The standard InChI is InChI=1S/C10H12N2O2.ClH/c1-2-14-10(13)8-6-4-3-5-7(8)9(11)12;/h3-6H,2H2,1H3,(H3,11,12);1H. The number of benzene rings is 1. The molecule has 3 N–H and O–H groups in total. The van der Waals surface area contributed by atoms with Gasteiger partial charge in [-0.05, 0) is 13.0 Å². The van der Waals surface area contributed by atoms with Crippen molar-refractivity contribution < 1.29 is 9.53 Å². The van der Waals surface area contributed by atoms with Gasteiger partial charge in [0.25, 0.3) is 0 Å². The summed E-state index contributed by atoms with van der Waals surface area (Å²) in [6, 6.07) is 6.64. The molecule has 0 saturated carbocycles. The molecule has 0 atom stereocenters. The first kappa shape index (κ1) is 13.4. The SMILES string of the molecule is CCOC(=O)c1ccccc1C(=N)N.Cl. The van der Waals surface area contributed by atoms with Crippen LogP contribution < -0.4 is 5.73 Å². The van der Waals surface area contributed by atoms with E-state index in [1.807, 2.05) is 0 Å². The zero-order valence-electron chi connectivity index (χ0n) is 8.32. The Morgan fingerprint density at radius 3 is 2.40 bits per heavy atom. The number of nitrogens with two attached hydrogens (primary N) is 1. The molecule has 5 heteroatoms. The van der Waals surface area contributed by atoms with E-state index in [0.717, 1.165) is 0 Å². The maximum atomic E-state index is 11.4. The highest BCUT2D eigenvalue weighted by molar-refractivity contribution is 6.05. The fraction of sp³-hybridized carbons (Fsp3) is 0.200. The van der Waals surface area contributed by atoms with Crippen molar-refractivity contribution in [3.05, 3.63) is 35.4 Å². The summed E-state index contributed by atoms with van der Waals surface area (Å²) in [6.07, 6.45) is 0. The molecule has 4 nitrogen and oxygen atoms in total. The van der Waals surface area contributed by atoms with Gasteiger partial charge in [-0.1, -0.05) is 18.2 Å². The van der Waals surface area contributed by atoms with Gasteiger partial charge in [-0.25, -0.2) is 4.79 Å². The number of carbonyl (C=O) groups excluding carboxylic acids is 1. The summed E-state index contributed by atoms with van der Waals surface area (Å²) in [4.78, 5) is 11.4. The van der Waals surface area contributed by atoms with Gasteiger partial charge in [0.05, 0.1) is 12.2 Å². The van der Waals surface area contributed by atoms with Crippen molar-refractivity contribution in [2.45, 2.75) is 6.92 Å². The van der Waals surface area contributed by atoms with E-state index in [2.05, 4.69) is 0 Å². The Morgan fingerprint density at radius 1 is 1.40 bits per heavy atom. The number of esters is 1. The monoisotopic (exact) mass is 228 g/mol. The van der Waals surface area contributed by atoms with E-state index in [9.17, 15) is 4.79 Å². The average molecular weight is 229 g/mol. The summed E-state index contributed by atoms with van der Waals surface area (Å²) < 4.78 is 4.83. The van der Waals surface area contributed by atoms with Gasteiger partial charge in [-0.2, -0.15) is 0 Å². The Bertz CT molecular complexity index is 366. The molecule has 0 spiro atoms. The third-order valence-electron chi connectivity index (χ3n) is 1.71. The molecule has 1 rings (SSSR count). The number of amidine groups is 1. The van der Waals surface area contributed by atoms with Gasteiger partial charge in [-0.3, -0.25) is 5.41 Å². The lowest BCUT2D eigenvalue weighted by atomic mass is 10.1. The maximum Gasteiger partial charge on any atom is 0.338 e. The van der Waals surface area contributed by atoms with Crippen LogP contribution in [0.4, 0.5) is 0 Å². The van der Waals surface area contributed by atoms with E-state index in [1.165, 1.54) is 0 Å². The first-order valence-electron chi connectivity index (χ1n) is 4.27. The molecule has 0 unspecified atom stereocenters. The molecule has 0 saturated heterocycles. The number of hydrogen-bond donors (Lipinski definition) is 2. The van der Waals surface area contributed by atoms with Gasteiger partial charge in [0.2, 0.25) is 0 Å². The minimum Gasteiger partial charge on any atom is -0.462 e. The van der Waals surface area contributed by atoms with Crippen molar-refractivity contribution in [2.75, 3.05) is 6.61 Å². The third-order valence-corrected chi connectivity index (χ3v) is 1.71. The normalized spacial score (nSPS) is 8.87. The number of nitrogen functional groups attached to an aromatic ring is 1. The van der Waals surface area contributed by atoms with Crippen molar-refractivity contribution in [2.24, 2.45) is 5.73 Å². The van der Waals surface area contributed by atoms with Gasteiger partial charge in [-0.15, -0.1) is 12.4 Å². The van der Waals surface area contributed by atoms with Gasteiger partial charge >= 0.3 is 5.97 Å². The Labute approximate surface area is 94.3 Å². The molecule has 0 heterocycles. The lowest BCUT2D eigenvalue weighted by Crippen LogP contribution is -2.17. The smallest absolute Gasteiger partial charge is 0.338 e. The molecular formula is C10H13ClN2O2. The molecule has 15 heavy (non-hydrogen) atoms. The first-order valence-corrected chi connectivity index (χ1v) is 4.27. The van der Waals surface area contributed by atoms with Crippen molar-refractivity contribution in [3.63, 3.8) is 0 Å². The molecule has 0 aliphatic rings. The predicted molar refractivity (Wildman–Crippen MR) is 60.7 cm³/mol. The third kappa shape index (κ3) is 3.25. The van der Waals surface area contributed by atoms with Crippen LogP contribution in [-0.4, -0.2) is 18.4 Å². The number of ether oxygens (including phenoxy) is 1. The molecule has 0 aromatic heterocycles. The summed E-state index contributed by atoms with van der Waals surface area (Å²) in [6.45, 7) is 2.04. The molecule has 82 valence electrons. The van der Waals surface area contributed by atoms with Crippen LogP contribution in [0.3, 0.4) is 0 Å². The molecule has 0 radical (unpaired) electrons. The quantitative estimate of drug-likeness (QED) is 0.468. The summed E-state index contributed by atoms with van der Waals surface area (Å²) in [7, 11) is 0. The molecular weight excluding hydrogens is 216 g/mol. The van der Waals surface area contributed by atoms with Gasteiger partial charge in [0, 0.05) is 5.56 Å². The first-order chi connectivity index (χ1) is 6.66. The number of nitrogens with one attached hydrogen (secondary N) is 1. The lowest BCUT2D eigenvalue weighted by molar-refractivity contribution is 0.0526. The molecule has 0 aliphatic heterocycles. The Kier molecular flexibility index (Phi) is 5.41. The van der Waals surface area contributed by atoms with E-state index in [1.54, 1.807) is 31.2 Å². The number of halogens is 1. The van der Waals surface area contributed by atoms with Crippen LogP contribution in [0.15, 0.2) is 24.3 Å². The van der Waals surface area contributed by atoms with E-state index < -0.39 is 5.97 Å². The predicted octanol–water partition coefficient (Wildman–Crippen LogP) is 1.57. The van der Waals surface area contributed by atoms with E-state index >= 15 is 0 Å². The summed E-state index contributed by atoms with van der Waals surface area (Å²) >= 11 is 0. The summed E-state index contributed by atoms with van der Waals surface area (Å²) in [5.41, 5.74) is 6.07. The highest BCUT2D eigenvalue weighted by atomic mass is 35.5. The van der Waals surface area contributed by atoms with E-state index in [0.29, 0.717) is 17.7 Å². The van der Waals surface area contributed by atoms with Gasteiger partial charge in [0.15, 0.2) is 0 Å². The summed E-state index contributed by atoms with van der Waals surface area (Å²) in [5.74, 6) is -0.577. The Balaban J connectivity index is 0.00000196.